The van der Waals surface area contributed by atoms with Gasteiger partial charge in [-0.15, -0.1) is 0 Å². The summed E-state index contributed by atoms with van der Waals surface area (Å²) in [5, 5.41) is 3.30. The lowest BCUT2D eigenvalue weighted by molar-refractivity contribution is 0.0964. The van der Waals surface area contributed by atoms with Gasteiger partial charge in [-0.3, -0.25) is 0 Å². The van der Waals surface area contributed by atoms with Crippen LogP contribution in [0, 0.1) is 5.41 Å². The molecular formula is C13H30N2. The monoisotopic (exact) mass is 214 g/mol. The van der Waals surface area contributed by atoms with Gasteiger partial charge in [-0.05, 0) is 46.7 Å². The molecule has 0 fully saturated rings. The second-order valence-corrected chi connectivity index (χ2v) is 5.98. The predicted molar refractivity (Wildman–Crippen MR) is 69.3 cm³/mol. The summed E-state index contributed by atoms with van der Waals surface area (Å²) < 4.78 is 0. The van der Waals surface area contributed by atoms with Crippen molar-refractivity contribution < 1.29 is 0 Å². The van der Waals surface area contributed by atoms with Crippen LogP contribution in [0.2, 0.25) is 0 Å². The van der Waals surface area contributed by atoms with E-state index in [1.807, 2.05) is 7.05 Å². The van der Waals surface area contributed by atoms with Crippen LogP contribution in [0.15, 0.2) is 0 Å². The quantitative estimate of drug-likeness (QED) is 0.757. The first kappa shape index (κ1) is 14.9. The Kier molecular flexibility index (Phi) is 5.82. The number of nitrogens with zero attached hydrogens (tertiary/aromatic N) is 1. The van der Waals surface area contributed by atoms with E-state index in [0.29, 0.717) is 23.5 Å². The molecule has 0 aliphatic heterocycles. The van der Waals surface area contributed by atoms with Crippen LogP contribution < -0.4 is 5.32 Å². The maximum Gasteiger partial charge on any atom is 0.0115 e. The van der Waals surface area contributed by atoms with Crippen LogP contribution in [0.3, 0.4) is 0 Å². The first-order chi connectivity index (χ1) is 6.70. The van der Waals surface area contributed by atoms with Crippen molar-refractivity contribution in [3.8, 4) is 0 Å². The zero-order valence-electron chi connectivity index (χ0n) is 11.9. The molecule has 2 heteroatoms. The third-order valence-electron chi connectivity index (χ3n) is 3.75. The van der Waals surface area contributed by atoms with E-state index in [0.717, 1.165) is 0 Å². The number of hydrogen-bond donors (Lipinski definition) is 1. The standard InChI is InChI=1S/C13H30N2/c1-10(14-7)9-11(2)15(8)12(3)13(4,5)6/h10-12,14H,9H2,1-8H3. The lowest BCUT2D eigenvalue weighted by Gasteiger charge is -2.39. The lowest BCUT2D eigenvalue weighted by atomic mass is 9.86. The topological polar surface area (TPSA) is 15.3 Å². The third kappa shape index (κ3) is 4.98. The summed E-state index contributed by atoms with van der Waals surface area (Å²) in [6, 6.07) is 1.83. The van der Waals surface area contributed by atoms with E-state index in [1.54, 1.807) is 0 Å². The van der Waals surface area contributed by atoms with Crippen LogP contribution >= 0.6 is 0 Å². The summed E-state index contributed by atoms with van der Waals surface area (Å²) in [6.45, 7) is 13.8. The molecule has 0 spiro atoms. The van der Waals surface area contributed by atoms with Crippen molar-refractivity contribution in [2.45, 2.75) is 66.1 Å². The van der Waals surface area contributed by atoms with Crippen LogP contribution in [0.5, 0.6) is 0 Å². The second kappa shape index (κ2) is 5.86. The van der Waals surface area contributed by atoms with Crippen LogP contribution in [0.25, 0.3) is 0 Å². The highest BCUT2D eigenvalue weighted by molar-refractivity contribution is 4.81. The predicted octanol–water partition coefficient (Wildman–Crippen LogP) is 2.74. The zero-order chi connectivity index (χ0) is 12.2. The maximum absolute atomic E-state index is 3.30. The molecule has 0 rings (SSSR count). The largest absolute Gasteiger partial charge is 0.317 e. The molecule has 92 valence electrons. The molecule has 2 nitrogen and oxygen atoms in total. The van der Waals surface area contributed by atoms with Crippen LogP contribution in [-0.4, -0.2) is 37.1 Å². The van der Waals surface area contributed by atoms with E-state index in [9.17, 15) is 0 Å². The minimum Gasteiger partial charge on any atom is -0.317 e. The van der Waals surface area contributed by atoms with Crippen LogP contribution in [-0.2, 0) is 0 Å². The molecule has 3 unspecified atom stereocenters. The third-order valence-corrected chi connectivity index (χ3v) is 3.75. The Morgan fingerprint density at radius 1 is 1.13 bits per heavy atom. The molecule has 0 heterocycles. The molecule has 0 saturated carbocycles. The Balaban J connectivity index is 4.25. The van der Waals surface area contributed by atoms with Gasteiger partial charge in [0.15, 0.2) is 0 Å². The summed E-state index contributed by atoms with van der Waals surface area (Å²) in [5.74, 6) is 0. The van der Waals surface area contributed by atoms with Crippen molar-refractivity contribution in [3.05, 3.63) is 0 Å². The van der Waals surface area contributed by atoms with E-state index >= 15 is 0 Å². The highest BCUT2D eigenvalue weighted by Crippen LogP contribution is 2.25. The van der Waals surface area contributed by atoms with Crippen molar-refractivity contribution in [1.82, 2.24) is 10.2 Å². The molecule has 0 amide bonds. The van der Waals surface area contributed by atoms with Gasteiger partial charge in [0.05, 0.1) is 0 Å². The van der Waals surface area contributed by atoms with Crippen LogP contribution in [0.4, 0.5) is 0 Å². The Morgan fingerprint density at radius 2 is 1.60 bits per heavy atom. The van der Waals surface area contributed by atoms with Gasteiger partial charge in [-0.2, -0.15) is 0 Å². The molecule has 0 aromatic rings. The first-order valence-electron chi connectivity index (χ1n) is 6.09. The van der Waals surface area contributed by atoms with Crippen LogP contribution in [0.1, 0.15) is 48.0 Å². The van der Waals surface area contributed by atoms with Gasteiger partial charge in [0, 0.05) is 18.1 Å². The Bertz CT molecular complexity index is 172. The van der Waals surface area contributed by atoms with Crippen molar-refractivity contribution in [2.75, 3.05) is 14.1 Å². The Hall–Kier alpha value is -0.0800. The molecular weight excluding hydrogens is 184 g/mol. The first-order valence-corrected chi connectivity index (χ1v) is 6.09. The molecule has 0 aliphatic rings. The zero-order valence-corrected chi connectivity index (χ0v) is 11.9. The van der Waals surface area contributed by atoms with Gasteiger partial charge in [-0.25, -0.2) is 0 Å². The fourth-order valence-electron chi connectivity index (χ4n) is 1.79. The second-order valence-electron chi connectivity index (χ2n) is 5.98. The van der Waals surface area contributed by atoms with Gasteiger partial charge < -0.3 is 10.2 Å². The smallest absolute Gasteiger partial charge is 0.0115 e. The van der Waals surface area contributed by atoms with Gasteiger partial charge in [0.25, 0.3) is 0 Å². The normalized spacial score (nSPS) is 19.0. The van der Waals surface area contributed by atoms with Gasteiger partial charge in [-0.1, -0.05) is 20.8 Å². The van der Waals surface area contributed by atoms with Crippen molar-refractivity contribution in [2.24, 2.45) is 5.41 Å². The van der Waals surface area contributed by atoms with E-state index in [4.69, 9.17) is 0 Å². The molecule has 0 aliphatic carbocycles. The minimum absolute atomic E-state index is 0.353. The Labute approximate surface area is 96.4 Å². The fraction of sp³-hybridized carbons (Fsp3) is 1.00. The summed E-state index contributed by atoms with van der Waals surface area (Å²) >= 11 is 0. The molecule has 0 aromatic heterocycles. The van der Waals surface area contributed by atoms with E-state index in [-0.39, 0.29) is 0 Å². The molecule has 0 radical (unpaired) electrons. The molecule has 0 saturated heterocycles. The average molecular weight is 214 g/mol. The fourth-order valence-corrected chi connectivity index (χ4v) is 1.79. The molecule has 1 N–H and O–H groups in total. The minimum atomic E-state index is 0.353. The van der Waals surface area contributed by atoms with Crippen molar-refractivity contribution in [3.63, 3.8) is 0 Å². The van der Waals surface area contributed by atoms with Gasteiger partial charge in [0.1, 0.15) is 0 Å². The number of rotatable bonds is 5. The molecule has 3 atom stereocenters. The maximum atomic E-state index is 3.30. The summed E-state index contributed by atoms with van der Waals surface area (Å²) in [5.41, 5.74) is 0.353. The van der Waals surface area contributed by atoms with E-state index < -0.39 is 0 Å². The summed E-state index contributed by atoms with van der Waals surface area (Å²) in [7, 11) is 4.27. The highest BCUT2D eigenvalue weighted by atomic mass is 15.2. The summed E-state index contributed by atoms with van der Waals surface area (Å²) in [6.07, 6.45) is 1.20. The van der Waals surface area contributed by atoms with Gasteiger partial charge in [0.2, 0.25) is 0 Å². The lowest BCUT2D eigenvalue weighted by Crippen LogP contribution is -2.46. The Morgan fingerprint density at radius 3 is 1.93 bits per heavy atom. The van der Waals surface area contributed by atoms with Crippen molar-refractivity contribution in [1.29, 1.82) is 0 Å². The highest BCUT2D eigenvalue weighted by Gasteiger charge is 2.26. The number of hydrogen-bond acceptors (Lipinski definition) is 2. The number of nitrogens with one attached hydrogen (secondary N) is 1. The molecule has 0 bridgehead atoms. The van der Waals surface area contributed by atoms with Crippen molar-refractivity contribution >= 4 is 0 Å². The van der Waals surface area contributed by atoms with Gasteiger partial charge >= 0.3 is 0 Å². The summed E-state index contributed by atoms with van der Waals surface area (Å²) in [4.78, 5) is 2.49. The van der Waals surface area contributed by atoms with E-state index in [1.165, 1.54) is 6.42 Å². The molecule has 0 aromatic carbocycles. The average Bonchev–Trinajstić information content (AvgIpc) is 2.13. The van der Waals surface area contributed by atoms with E-state index in [2.05, 4.69) is 58.8 Å². The SMILES string of the molecule is CNC(C)CC(C)N(C)C(C)C(C)(C)C. The molecule has 15 heavy (non-hydrogen) atoms.